The van der Waals surface area contributed by atoms with E-state index in [4.69, 9.17) is 8.85 Å². The number of hydrogen-bond donors (Lipinski definition) is 0. The van der Waals surface area contributed by atoms with Crippen LogP contribution in [0.25, 0.3) is 0 Å². The first-order chi connectivity index (χ1) is 6.70. The maximum Gasteiger partial charge on any atom is 0.426 e. The van der Waals surface area contributed by atoms with Crippen LogP contribution in [0, 0.1) is 0 Å². The summed E-state index contributed by atoms with van der Waals surface area (Å²) >= 11 is 0. The van der Waals surface area contributed by atoms with E-state index >= 15 is 0 Å². The van der Waals surface area contributed by atoms with Gasteiger partial charge < -0.3 is 8.85 Å². The Balaban J connectivity index is 4.52. The fourth-order valence-electron chi connectivity index (χ4n) is 1.85. The molecule has 0 fully saturated rings. The van der Waals surface area contributed by atoms with Crippen LogP contribution in [0.3, 0.4) is 0 Å². The molecule has 0 radical (unpaired) electrons. The molecule has 0 spiro atoms. The molecular weight excluding hydrogens is 194 g/mol. The maximum atomic E-state index is 5.65. The van der Waals surface area contributed by atoms with Crippen molar-refractivity contribution < 1.29 is 8.85 Å². The second-order valence-corrected chi connectivity index (χ2v) is 7.04. The molecule has 0 bridgehead atoms. The maximum absolute atomic E-state index is 5.65. The van der Waals surface area contributed by atoms with Crippen molar-refractivity contribution in [1.82, 2.24) is 4.57 Å². The van der Waals surface area contributed by atoms with E-state index in [0.29, 0.717) is 0 Å². The topological polar surface area (TPSA) is 21.7 Å². The Morgan fingerprint density at radius 1 is 0.929 bits per heavy atom. The van der Waals surface area contributed by atoms with Crippen molar-refractivity contribution in [3.63, 3.8) is 0 Å². The first kappa shape index (κ1) is 14.1. The zero-order valence-electron chi connectivity index (χ0n) is 10.3. The summed E-state index contributed by atoms with van der Waals surface area (Å²) < 4.78 is 13.7. The third-order valence-electron chi connectivity index (χ3n) is 2.55. The monoisotopic (exact) mass is 219 g/mol. The van der Waals surface area contributed by atoms with Crippen LogP contribution < -0.4 is 0 Å². The molecule has 86 valence electrons. The second kappa shape index (κ2) is 7.40. The highest BCUT2D eigenvalue weighted by Crippen LogP contribution is 2.17. The molecule has 0 heterocycles. The molecule has 0 atom stereocenters. The van der Waals surface area contributed by atoms with Gasteiger partial charge in [-0.25, -0.2) is 0 Å². The molecule has 0 saturated carbocycles. The summed E-state index contributed by atoms with van der Waals surface area (Å²) in [6.07, 6.45) is 2.31. The van der Waals surface area contributed by atoms with Gasteiger partial charge in [-0.2, -0.15) is 0 Å². The van der Waals surface area contributed by atoms with Crippen LogP contribution in [0.15, 0.2) is 0 Å². The Labute approximate surface area is 89.7 Å². The van der Waals surface area contributed by atoms with Gasteiger partial charge in [-0.1, -0.05) is 20.8 Å². The minimum Gasteiger partial charge on any atom is -0.386 e. The van der Waals surface area contributed by atoms with Gasteiger partial charge >= 0.3 is 8.72 Å². The summed E-state index contributed by atoms with van der Waals surface area (Å²) in [7, 11) is 1.50. The predicted molar refractivity (Wildman–Crippen MR) is 62.4 cm³/mol. The molecule has 0 aromatic rings. The van der Waals surface area contributed by atoms with E-state index in [1.165, 1.54) is 0 Å². The molecule has 0 rings (SSSR count). The van der Waals surface area contributed by atoms with Crippen molar-refractivity contribution in [2.75, 3.05) is 27.3 Å². The van der Waals surface area contributed by atoms with Gasteiger partial charge in [0.15, 0.2) is 0 Å². The van der Waals surface area contributed by atoms with Crippen molar-refractivity contribution in [1.29, 1.82) is 0 Å². The van der Waals surface area contributed by atoms with E-state index in [2.05, 4.69) is 25.3 Å². The molecule has 0 unspecified atom stereocenters. The molecule has 0 saturated heterocycles. The summed E-state index contributed by atoms with van der Waals surface area (Å²) in [5.74, 6) is 0. The first-order valence-corrected chi connectivity index (χ1v) is 7.53. The number of hydrogen-bond acceptors (Lipinski definition) is 3. The molecule has 4 heteroatoms. The van der Waals surface area contributed by atoms with Gasteiger partial charge in [-0.05, 0) is 25.9 Å². The SMILES string of the molecule is CCCN(CCC)[Si](CC)(OC)OC. The van der Waals surface area contributed by atoms with Crippen molar-refractivity contribution in [2.24, 2.45) is 0 Å². The Hall–Kier alpha value is 0.0969. The van der Waals surface area contributed by atoms with Gasteiger partial charge in [0, 0.05) is 20.3 Å². The molecule has 3 nitrogen and oxygen atoms in total. The van der Waals surface area contributed by atoms with Crippen molar-refractivity contribution in [3.05, 3.63) is 0 Å². The Morgan fingerprint density at radius 3 is 1.57 bits per heavy atom. The highest BCUT2D eigenvalue weighted by molar-refractivity contribution is 6.64. The quantitative estimate of drug-likeness (QED) is 0.585. The molecule has 0 aliphatic rings. The lowest BCUT2D eigenvalue weighted by atomic mass is 10.4. The summed E-state index contributed by atoms with van der Waals surface area (Å²) in [4.78, 5) is 0. The first-order valence-electron chi connectivity index (χ1n) is 5.56. The lowest BCUT2D eigenvalue weighted by Crippen LogP contribution is -2.57. The Morgan fingerprint density at radius 2 is 1.36 bits per heavy atom. The fourth-order valence-corrected chi connectivity index (χ4v) is 4.68. The summed E-state index contributed by atoms with van der Waals surface area (Å²) in [5.41, 5.74) is 0. The van der Waals surface area contributed by atoms with E-state index in [9.17, 15) is 0 Å². The summed E-state index contributed by atoms with van der Waals surface area (Å²) in [6.45, 7) is 8.70. The van der Waals surface area contributed by atoms with Crippen LogP contribution in [0.2, 0.25) is 6.04 Å². The molecule has 0 aliphatic heterocycles. The minimum atomic E-state index is -2.06. The molecule has 0 N–H and O–H groups in total. The van der Waals surface area contributed by atoms with E-state index in [-0.39, 0.29) is 0 Å². The number of rotatable bonds is 8. The zero-order chi connectivity index (χ0) is 11.0. The van der Waals surface area contributed by atoms with Crippen LogP contribution in [-0.4, -0.2) is 40.6 Å². The third-order valence-corrected chi connectivity index (χ3v) is 6.13. The van der Waals surface area contributed by atoms with Gasteiger partial charge in [0.2, 0.25) is 0 Å². The Bertz CT molecular complexity index is 126. The van der Waals surface area contributed by atoms with Crippen LogP contribution >= 0.6 is 0 Å². The average molecular weight is 219 g/mol. The lowest BCUT2D eigenvalue weighted by molar-refractivity contribution is 0.162. The van der Waals surface area contributed by atoms with E-state index in [0.717, 1.165) is 32.0 Å². The molecule has 0 aliphatic carbocycles. The van der Waals surface area contributed by atoms with Crippen molar-refractivity contribution >= 4 is 8.72 Å². The standard InChI is InChI=1S/C10H25NO2Si/c1-6-9-11(10-7-2)14(8-3,12-4)13-5/h6-10H2,1-5H3. The minimum absolute atomic E-state index is 0.986. The van der Waals surface area contributed by atoms with Crippen LogP contribution in [0.5, 0.6) is 0 Å². The van der Waals surface area contributed by atoms with Gasteiger partial charge in [0.1, 0.15) is 0 Å². The zero-order valence-corrected chi connectivity index (χ0v) is 11.3. The van der Waals surface area contributed by atoms with E-state index in [1.807, 2.05) is 0 Å². The largest absolute Gasteiger partial charge is 0.426 e. The highest BCUT2D eigenvalue weighted by Gasteiger charge is 2.40. The summed E-state index contributed by atoms with van der Waals surface area (Å²) in [5, 5.41) is 0. The average Bonchev–Trinajstić information content (AvgIpc) is 2.22. The highest BCUT2D eigenvalue weighted by atomic mass is 28.4. The van der Waals surface area contributed by atoms with Gasteiger partial charge in [-0.15, -0.1) is 0 Å². The molecular formula is C10H25NO2Si. The third kappa shape index (κ3) is 3.35. The molecule has 0 amide bonds. The van der Waals surface area contributed by atoms with Crippen molar-refractivity contribution in [3.8, 4) is 0 Å². The normalized spacial score (nSPS) is 12.4. The van der Waals surface area contributed by atoms with Gasteiger partial charge in [0.25, 0.3) is 0 Å². The molecule has 14 heavy (non-hydrogen) atoms. The summed E-state index contributed by atoms with van der Waals surface area (Å²) in [6, 6.07) is 0.986. The van der Waals surface area contributed by atoms with Crippen molar-refractivity contribution in [2.45, 2.75) is 39.7 Å². The van der Waals surface area contributed by atoms with Crippen LogP contribution in [-0.2, 0) is 8.85 Å². The number of nitrogens with zero attached hydrogens (tertiary/aromatic N) is 1. The Kier molecular flexibility index (Phi) is 7.45. The van der Waals surface area contributed by atoms with E-state index < -0.39 is 8.72 Å². The van der Waals surface area contributed by atoms with Crippen LogP contribution in [0.4, 0.5) is 0 Å². The predicted octanol–water partition coefficient (Wildman–Crippen LogP) is 2.36. The van der Waals surface area contributed by atoms with Gasteiger partial charge in [-0.3, -0.25) is 4.57 Å². The van der Waals surface area contributed by atoms with Gasteiger partial charge in [0.05, 0.1) is 0 Å². The smallest absolute Gasteiger partial charge is 0.386 e. The van der Waals surface area contributed by atoms with E-state index in [1.54, 1.807) is 14.2 Å². The van der Waals surface area contributed by atoms with Crippen LogP contribution in [0.1, 0.15) is 33.6 Å². The molecule has 0 aromatic carbocycles. The second-order valence-electron chi connectivity index (χ2n) is 3.46. The fraction of sp³-hybridized carbons (Fsp3) is 1.00. The lowest BCUT2D eigenvalue weighted by Gasteiger charge is -2.37. The molecule has 0 aromatic heterocycles.